The first-order chi connectivity index (χ1) is 13.9. The van der Waals surface area contributed by atoms with Crippen LogP contribution in [0.3, 0.4) is 0 Å². The molecule has 2 rings (SSSR count). The van der Waals surface area contributed by atoms with Gasteiger partial charge in [0.15, 0.2) is 5.12 Å². The van der Waals surface area contributed by atoms with Gasteiger partial charge in [-0.3, -0.25) is 9.59 Å². The van der Waals surface area contributed by atoms with Gasteiger partial charge in [-0.2, -0.15) is 0 Å². The summed E-state index contributed by atoms with van der Waals surface area (Å²) in [6.45, 7) is 14.3. The number of carbonyl (C=O) groups is 2. The van der Waals surface area contributed by atoms with Crippen molar-refractivity contribution in [3.8, 4) is 0 Å². The minimum atomic E-state index is -0.504. The summed E-state index contributed by atoms with van der Waals surface area (Å²) < 4.78 is 0. The molecule has 2 N–H and O–H groups in total. The highest BCUT2D eigenvalue weighted by molar-refractivity contribution is 8.13. The smallest absolute Gasteiger partial charge is 0.229 e. The van der Waals surface area contributed by atoms with Crippen molar-refractivity contribution in [1.82, 2.24) is 0 Å². The molecule has 0 spiro atoms. The van der Waals surface area contributed by atoms with E-state index in [0.717, 1.165) is 16.1 Å². The van der Waals surface area contributed by atoms with Crippen molar-refractivity contribution in [2.24, 2.45) is 10.8 Å². The van der Waals surface area contributed by atoms with E-state index in [2.05, 4.69) is 38.3 Å². The largest absolute Gasteiger partial charge is 0.382 e. The molecule has 0 saturated carbocycles. The van der Waals surface area contributed by atoms with Crippen LogP contribution in [0.4, 0.5) is 11.4 Å². The Kier molecular flexibility index (Phi) is 7.75. The van der Waals surface area contributed by atoms with E-state index in [4.69, 9.17) is 0 Å². The average Bonchev–Trinajstić information content (AvgIpc) is 2.63. The Hall–Kier alpha value is -2.27. The third kappa shape index (κ3) is 6.91. The molecular formula is C25H34N2O2S. The molecule has 0 fully saturated rings. The summed E-state index contributed by atoms with van der Waals surface area (Å²) in [7, 11) is 0. The average molecular weight is 427 g/mol. The lowest BCUT2D eigenvalue weighted by molar-refractivity contribution is -0.123. The van der Waals surface area contributed by atoms with Gasteiger partial charge >= 0.3 is 0 Å². The molecule has 0 heterocycles. The number of benzene rings is 2. The molecule has 5 heteroatoms. The number of carbonyl (C=O) groups excluding carboxylic acids is 2. The van der Waals surface area contributed by atoms with Crippen LogP contribution in [0.5, 0.6) is 0 Å². The quantitative estimate of drug-likeness (QED) is 0.526. The molecule has 2 aromatic rings. The Morgan fingerprint density at radius 2 is 1.47 bits per heavy atom. The Morgan fingerprint density at radius 3 is 2.07 bits per heavy atom. The molecule has 4 nitrogen and oxygen atoms in total. The second-order valence-corrected chi connectivity index (χ2v) is 10.8. The van der Waals surface area contributed by atoms with Gasteiger partial charge < -0.3 is 10.6 Å². The fourth-order valence-corrected chi connectivity index (χ4v) is 3.40. The zero-order valence-electron chi connectivity index (χ0n) is 19.1. The normalized spacial score (nSPS) is 12.9. The fraction of sp³-hybridized carbons (Fsp3) is 0.440. The van der Waals surface area contributed by atoms with Crippen LogP contribution in [0, 0.1) is 10.8 Å². The summed E-state index contributed by atoms with van der Waals surface area (Å²) >= 11 is 1.17. The maximum Gasteiger partial charge on any atom is 0.229 e. The van der Waals surface area contributed by atoms with Crippen LogP contribution in [0.2, 0.25) is 0 Å². The van der Waals surface area contributed by atoms with Crippen molar-refractivity contribution in [3.05, 3.63) is 54.1 Å². The van der Waals surface area contributed by atoms with E-state index in [0.29, 0.717) is 12.1 Å². The summed E-state index contributed by atoms with van der Waals surface area (Å²) in [6.07, 6.45) is 0.312. The Balaban J connectivity index is 2.14. The van der Waals surface area contributed by atoms with Crippen molar-refractivity contribution in [3.63, 3.8) is 0 Å². The minimum absolute atomic E-state index is 0.0325. The predicted octanol–water partition coefficient (Wildman–Crippen LogP) is 6.38. The first-order valence-corrected chi connectivity index (χ1v) is 11.1. The van der Waals surface area contributed by atoms with Crippen LogP contribution in [0.25, 0.3) is 0 Å². The number of thioether (sulfide) groups is 1. The van der Waals surface area contributed by atoms with Gasteiger partial charge in [-0.15, -0.1) is 0 Å². The molecule has 0 aromatic heterocycles. The van der Waals surface area contributed by atoms with Crippen LogP contribution >= 0.6 is 11.8 Å². The number of anilines is 2. The summed E-state index contributed by atoms with van der Waals surface area (Å²) in [4.78, 5) is 26.0. The topological polar surface area (TPSA) is 58.2 Å². The zero-order chi connectivity index (χ0) is 22.5. The van der Waals surface area contributed by atoms with Crippen molar-refractivity contribution in [1.29, 1.82) is 0 Å². The highest BCUT2D eigenvalue weighted by Crippen LogP contribution is 2.31. The van der Waals surface area contributed by atoms with E-state index >= 15 is 0 Å². The van der Waals surface area contributed by atoms with Gasteiger partial charge in [-0.25, -0.2) is 0 Å². The summed E-state index contributed by atoms with van der Waals surface area (Å²) in [6, 6.07) is 15.6. The monoisotopic (exact) mass is 426 g/mol. The van der Waals surface area contributed by atoms with Crippen LogP contribution < -0.4 is 10.6 Å². The van der Waals surface area contributed by atoms with Gasteiger partial charge in [-0.1, -0.05) is 71.9 Å². The van der Waals surface area contributed by atoms with Crippen molar-refractivity contribution in [2.75, 3.05) is 10.6 Å². The maximum atomic E-state index is 12.9. The van der Waals surface area contributed by atoms with E-state index in [1.54, 1.807) is 0 Å². The minimum Gasteiger partial charge on any atom is -0.382 e. The summed E-state index contributed by atoms with van der Waals surface area (Å²) in [5, 5.41) is 6.54. The standard InChI is InChI=1S/C25H34N2O2S/c1-17(24(2,3)4)26-19-13-9-8-12-18(19)16-22(28)30-21-15-11-10-14-20(21)27-23(29)25(5,6)7/h8-15,17,26H,16H2,1-7H3,(H,27,29). The predicted molar refractivity (Wildman–Crippen MR) is 128 cm³/mol. The van der Waals surface area contributed by atoms with E-state index in [1.807, 2.05) is 69.3 Å². The summed E-state index contributed by atoms with van der Waals surface area (Å²) in [5.41, 5.74) is 2.24. The molecule has 2 aromatic carbocycles. The van der Waals surface area contributed by atoms with E-state index in [-0.39, 0.29) is 22.5 Å². The van der Waals surface area contributed by atoms with Crippen molar-refractivity contribution < 1.29 is 9.59 Å². The Bertz CT molecular complexity index is 895. The highest BCUT2D eigenvalue weighted by Gasteiger charge is 2.23. The molecule has 0 saturated heterocycles. The van der Waals surface area contributed by atoms with Crippen molar-refractivity contribution >= 4 is 34.2 Å². The van der Waals surface area contributed by atoms with Gasteiger partial charge in [0.05, 0.1) is 5.69 Å². The molecule has 0 aliphatic carbocycles. The van der Waals surface area contributed by atoms with Crippen LogP contribution in [0.1, 0.15) is 54.0 Å². The Morgan fingerprint density at radius 1 is 0.900 bits per heavy atom. The van der Waals surface area contributed by atoms with Gasteiger partial charge in [0, 0.05) is 28.5 Å². The fourth-order valence-electron chi connectivity index (χ4n) is 2.55. The highest BCUT2D eigenvalue weighted by atomic mass is 32.2. The van der Waals surface area contributed by atoms with E-state index < -0.39 is 5.41 Å². The molecule has 1 atom stereocenters. The second kappa shape index (κ2) is 9.69. The number of amides is 1. The number of nitrogens with one attached hydrogen (secondary N) is 2. The lowest BCUT2D eigenvalue weighted by Gasteiger charge is -2.29. The van der Waals surface area contributed by atoms with E-state index in [9.17, 15) is 9.59 Å². The molecule has 30 heavy (non-hydrogen) atoms. The third-order valence-electron chi connectivity index (χ3n) is 5.06. The molecule has 162 valence electrons. The molecule has 1 amide bonds. The maximum absolute atomic E-state index is 12.9. The lowest BCUT2D eigenvalue weighted by atomic mass is 9.87. The molecule has 1 unspecified atom stereocenters. The number of rotatable bonds is 6. The Labute approximate surface area is 185 Å². The second-order valence-electron chi connectivity index (χ2n) is 9.74. The van der Waals surface area contributed by atoms with Crippen LogP contribution in [0.15, 0.2) is 53.4 Å². The SMILES string of the molecule is CC(Nc1ccccc1CC(=O)Sc1ccccc1NC(=O)C(C)(C)C)C(C)(C)C. The molecule has 0 aliphatic heterocycles. The summed E-state index contributed by atoms with van der Waals surface area (Å²) in [5.74, 6) is -0.0753. The molecular weight excluding hydrogens is 392 g/mol. The van der Waals surface area contributed by atoms with Gasteiger partial charge in [0.1, 0.15) is 0 Å². The van der Waals surface area contributed by atoms with Crippen LogP contribution in [-0.2, 0) is 16.0 Å². The van der Waals surface area contributed by atoms with Gasteiger partial charge in [0.25, 0.3) is 0 Å². The first kappa shape index (κ1) is 24.0. The van der Waals surface area contributed by atoms with Gasteiger partial charge in [0.2, 0.25) is 5.91 Å². The zero-order valence-corrected chi connectivity index (χ0v) is 19.9. The molecule has 0 radical (unpaired) electrons. The van der Waals surface area contributed by atoms with E-state index in [1.165, 1.54) is 11.8 Å². The number of hydrogen-bond acceptors (Lipinski definition) is 4. The number of para-hydroxylation sites is 2. The van der Waals surface area contributed by atoms with Gasteiger partial charge in [-0.05, 0) is 47.9 Å². The lowest BCUT2D eigenvalue weighted by Crippen LogP contribution is -2.31. The molecule has 0 aliphatic rings. The van der Waals surface area contributed by atoms with Crippen molar-refractivity contribution in [2.45, 2.75) is 65.8 Å². The number of hydrogen-bond donors (Lipinski definition) is 2. The molecule has 0 bridgehead atoms. The third-order valence-corrected chi connectivity index (χ3v) is 6.01. The van der Waals surface area contributed by atoms with Crippen LogP contribution in [-0.4, -0.2) is 17.1 Å². The first-order valence-electron chi connectivity index (χ1n) is 10.3.